The predicted molar refractivity (Wildman–Crippen MR) is 49.6 cm³/mol. The smallest absolute Gasteiger partial charge is 0.471 e. The highest BCUT2D eigenvalue weighted by atomic mass is 19.4. The fraction of sp³-hybridized carbons (Fsp3) is 0.375. The highest BCUT2D eigenvalue weighted by Gasteiger charge is 2.40. The average Bonchev–Trinajstić information content (AvgIpc) is 2.39. The number of anilines is 1. The van der Waals surface area contributed by atoms with Gasteiger partial charge in [-0.2, -0.15) is 18.3 Å². The average molecular weight is 251 g/mol. The number of amides is 1. The number of hydrogen-bond acceptors (Lipinski definition) is 3. The Balaban J connectivity index is 3.15. The van der Waals surface area contributed by atoms with Crippen LogP contribution in [0.25, 0.3) is 0 Å². The third-order valence-corrected chi connectivity index (χ3v) is 1.93. The van der Waals surface area contributed by atoms with Crippen LogP contribution < -0.4 is 5.32 Å². The Hall–Kier alpha value is -2.06. The Morgan fingerprint density at radius 2 is 1.94 bits per heavy atom. The Kier molecular flexibility index (Phi) is 3.12. The standard InChI is InChI=1S/C8H8F3N3O3/c1-3-4(6(15)16)5(14(2)13-3)12-7(17)8(9,10)11/h1-2H3,(H,12,17)(H,15,16). The molecule has 0 aromatic carbocycles. The number of aryl methyl sites for hydroxylation is 2. The van der Waals surface area contributed by atoms with Gasteiger partial charge in [-0.05, 0) is 6.92 Å². The third kappa shape index (κ3) is 2.55. The summed E-state index contributed by atoms with van der Waals surface area (Å²) in [6.07, 6.45) is -5.09. The van der Waals surface area contributed by atoms with Gasteiger partial charge in [-0.1, -0.05) is 0 Å². The normalized spacial score (nSPS) is 11.4. The van der Waals surface area contributed by atoms with E-state index >= 15 is 0 Å². The summed E-state index contributed by atoms with van der Waals surface area (Å²) < 4.78 is 36.9. The summed E-state index contributed by atoms with van der Waals surface area (Å²) >= 11 is 0. The molecule has 0 spiro atoms. The largest absolute Gasteiger partial charge is 0.477 e. The quantitative estimate of drug-likeness (QED) is 0.818. The molecule has 1 heterocycles. The zero-order chi connectivity index (χ0) is 13.4. The topological polar surface area (TPSA) is 84.2 Å². The molecule has 1 aromatic rings. The Bertz CT molecular complexity index is 478. The minimum atomic E-state index is -5.09. The zero-order valence-corrected chi connectivity index (χ0v) is 8.79. The Labute approximate surface area is 93.0 Å². The molecule has 9 heteroatoms. The lowest BCUT2D eigenvalue weighted by Gasteiger charge is -2.08. The van der Waals surface area contributed by atoms with Crippen molar-refractivity contribution in [3.63, 3.8) is 0 Å². The molecule has 0 atom stereocenters. The molecule has 0 fully saturated rings. The van der Waals surface area contributed by atoms with Gasteiger partial charge in [0.15, 0.2) is 0 Å². The van der Waals surface area contributed by atoms with Gasteiger partial charge in [0.25, 0.3) is 0 Å². The summed E-state index contributed by atoms with van der Waals surface area (Å²) in [4.78, 5) is 21.5. The van der Waals surface area contributed by atoms with Gasteiger partial charge in [0.1, 0.15) is 11.4 Å². The zero-order valence-electron chi connectivity index (χ0n) is 8.79. The van der Waals surface area contributed by atoms with Gasteiger partial charge in [0.2, 0.25) is 0 Å². The summed E-state index contributed by atoms with van der Waals surface area (Å²) in [6, 6.07) is 0. The van der Waals surface area contributed by atoms with Crippen molar-refractivity contribution in [2.75, 3.05) is 5.32 Å². The van der Waals surface area contributed by atoms with E-state index in [2.05, 4.69) is 5.10 Å². The van der Waals surface area contributed by atoms with Gasteiger partial charge >= 0.3 is 18.1 Å². The molecule has 0 aliphatic carbocycles. The fourth-order valence-electron chi connectivity index (χ4n) is 1.24. The second-order valence-corrected chi connectivity index (χ2v) is 3.19. The summed E-state index contributed by atoms with van der Waals surface area (Å²) in [5.41, 5.74) is -0.456. The molecule has 0 radical (unpaired) electrons. The number of nitrogens with zero attached hydrogens (tertiary/aromatic N) is 2. The van der Waals surface area contributed by atoms with Gasteiger partial charge in [-0.3, -0.25) is 9.48 Å². The van der Waals surface area contributed by atoms with Gasteiger partial charge in [0, 0.05) is 7.05 Å². The van der Waals surface area contributed by atoms with E-state index in [1.807, 2.05) is 0 Å². The number of nitrogens with one attached hydrogen (secondary N) is 1. The monoisotopic (exact) mass is 251 g/mol. The number of alkyl halides is 3. The number of hydrogen-bond donors (Lipinski definition) is 2. The van der Waals surface area contributed by atoms with Crippen LogP contribution in [0.5, 0.6) is 0 Å². The second-order valence-electron chi connectivity index (χ2n) is 3.19. The van der Waals surface area contributed by atoms with Gasteiger partial charge in [0.05, 0.1) is 5.69 Å². The lowest BCUT2D eigenvalue weighted by atomic mass is 10.2. The van der Waals surface area contributed by atoms with Crippen molar-refractivity contribution in [2.24, 2.45) is 7.05 Å². The van der Waals surface area contributed by atoms with Crippen LogP contribution in [0.1, 0.15) is 16.1 Å². The van der Waals surface area contributed by atoms with Crippen LogP contribution in [0, 0.1) is 6.92 Å². The SMILES string of the molecule is Cc1nn(C)c(NC(=O)C(F)(F)F)c1C(=O)O. The Morgan fingerprint density at radius 1 is 1.41 bits per heavy atom. The second kappa shape index (κ2) is 4.07. The van der Waals surface area contributed by atoms with Crippen LogP contribution >= 0.6 is 0 Å². The predicted octanol–water partition coefficient (Wildman–Crippen LogP) is 0.928. The maximum atomic E-state index is 12.0. The third-order valence-electron chi connectivity index (χ3n) is 1.93. The van der Waals surface area contributed by atoms with Crippen LogP contribution in [-0.2, 0) is 11.8 Å². The minimum absolute atomic E-state index is 0.0116. The minimum Gasteiger partial charge on any atom is -0.477 e. The number of halogens is 3. The van der Waals surface area contributed by atoms with Crippen molar-refractivity contribution in [1.29, 1.82) is 0 Å². The number of carboxylic acids is 1. The van der Waals surface area contributed by atoms with Crippen LogP contribution in [0.3, 0.4) is 0 Å². The van der Waals surface area contributed by atoms with Crippen molar-refractivity contribution >= 4 is 17.7 Å². The van der Waals surface area contributed by atoms with E-state index in [1.165, 1.54) is 19.3 Å². The molecular formula is C8H8F3N3O3. The van der Waals surface area contributed by atoms with Gasteiger partial charge in [-0.15, -0.1) is 0 Å². The molecule has 0 saturated heterocycles. The Morgan fingerprint density at radius 3 is 2.35 bits per heavy atom. The summed E-state index contributed by atoms with van der Waals surface area (Å²) in [7, 11) is 1.23. The van der Waals surface area contributed by atoms with E-state index < -0.39 is 29.4 Å². The first-order valence-electron chi connectivity index (χ1n) is 4.29. The molecule has 2 N–H and O–H groups in total. The molecule has 0 saturated carbocycles. The molecule has 1 rings (SSSR count). The molecule has 0 unspecified atom stereocenters. The first-order valence-corrected chi connectivity index (χ1v) is 4.29. The van der Waals surface area contributed by atoms with Crippen LogP contribution in [-0.4, -0.2) is 32.9 Å². The number of aromatic nitrogens is 2. The highest BCUT2D eigenvalue weighted by molar-refractivity contribution is 6.01. The number of carbonyl (C=O) groups is 2. The van der Waals surface area contributed by atoms with E-state index in [4.69, 9.17) is 5.11 Å². The fourth-order valence-corrected chi connectivity index (χ4v) is 1.24. The number of carbonyl (C=O) groups excluding carboxylic acids is 1. The first-order chi connectivity index (χ1) is 7.64. The van der Waals surface area contributed by atoms with Crippen LogP contribution in [0.15, 0.2) is 0 Å². The van der Waals surface area contributed by atoms with Crippen molar-refractivity contribution in [2.45, 2.75) is 13.1 Å². The summed E-state index contributed by atoms with van der Waals surface area (Å²) in [6.45, 7) is 1.31. The van der Waals surface area contributed by atoms with E-state index in [0.717, 1.165) is 4.68 Å². The highest BCUT2D eigenvalue weighted by Crippen LogP contribution is 2.22. The number of rotatable bonds is 2. The maximum absolute atomic E-state index is 12.0. The maximum Gasteiger partial charge on any atom is 0.471 e. The number of aromatic carboxylic acids is 1. The van der Waals surface area contributed by atoms with Crippen molar-refractivity contribution in [1.82, 2.24) is 9.78 Å². The van der Waals surface area contributed by atoms with E-state index in [-0.39, 0.29) is 5.69 Å². The van der Waals surface area contributed by atoms with E-state index in [1.54, 1.807) is 0 Å². The molecule has 17 heavy (non-hydrogen) atoms. The molecule has 0 aliphatic heterocycles. The number of carboxylic acid groups (broad SMARTS) is 1. The molecular weight excluding hydrogens is 243 g/mol. The van der Waals surface area contributed by atoms with Gasteiger partial charge < -0.3 is 10.4 Å². The molecule has 1 aromatic heterocycles. The molecule has 0 bridgehead atoms. The summed E-state index contributed by atoms with van der Waals surface area (Å²) in [5, 5.41) is 13.9. The molecule has 0 aliphatic rings. The summed E-state index contributed by atoms with van der Waals surface area (Å²) in [5.74, 6) is -4.21. The van der Waals surface area contributed by atoms with Crippen molar-refractivity contribution in [3.8, 4) is 0 Å². The van der Waals surface area contributed by atoms with Gasteiger partial charge in [-0.25, -0.2) is 4.79 Å². The van der Waals surface area contributed by atoms with Crippen LogP contribution in [0.4, 0.5) is 19.0 Å². The lowest BCUT2D eigenvalue weighted by Crippen LogP contribution is -2.31. The molecule has 6 nitrogen and oxygen atoms in total. The molecule has 94 valence electrons. The first kappa shape index (κ1) is 13.0. The lowest BCUT2D eigenvalue weighted by molar-refractivity contribution is -0.167. The van der Waals surface area contributed by atoms with Crippen molar-refractivity contribution < 1.29 is 27.9 Å². The van der Waals surface area contributed by atoms with Crippen LogP contribution in [0.2, 0.25) is 0 Å². The van der Waals surface area contributed by atoms with E-state index in [0.29, 0.717) is 0 Å². The van der Waals surface area contributed by atoms with Crippen molar-refractivity contribution in [3.05, 3.63) is 11.3 Å². The molecule has 1 amide bonds. The van der Waals surface area contributed by atoms with E-state index in [9.17, 15) is 22.8 Å².